The molecule has 0 N–H and O–H groups in total. The van der Waals surface area contributed by atoms with Crippen molar-refractivity contribution in [3.8, 4) is 67.0 Å². The summed E-state index contributed by atoms with van der Waals surface area (Å²) >= 11 is 0. The van der Waals surface area contributed by atoms with E-state index in [0.717, 1.165) is 11.4 Å². The summed E-state index contributed by atoms with van der Waals surface area (Å²) in [7, 11) is 0. The lowest BCUT2D eigenvalue weighted by atomic mass is 9.99. The van der Waals surface area contributed by atoms with E-state index < -0.39 is 0 Å². The lowest BCUT2D eigenvalue weighted by Crippen LogP contribution is -1.94. The van der Waals surface area contributed by atoms with Crippen LogP contribution in [0.25, 0.3) is 111 Å². The van der Waals surface area contributed by atoms with Crippen LogP contribution in [-0.4, -0.2) is 9.13 Å². The number of fused-ring (bicyclic) bond motifs is 6. The van der Waals surface area contributed by atoms with Gasteiger partial charge in [0.25, 0.3) is 0 Å². The largest absolute Gasteiger partial charge is 0.309 e. The number of hydrogen-bond donors (Lipinski definition) is 0. The summed E-state index contributed by atoms with van der Waals surface area (Å²) in [5.74, 6) is 0. The molecule has 0 aliphatic rings. The zero-order chi connectivity index (χ0) is 41.0. The lowest BCUT2D eigenvalue weighted by Gasteiger charge is -2.11. The van der Waals surface area contributed by atoms with Gasteiger partial charge in [-0.3, -0.25) is 0 Å². The topological polar surface area (TPSA) is 9.86 Å². The first kappa shape index (κ1) is 35.7. The molecule has 0 atom stereocenters. The van der Waals surface area contributed by atoms with Crippen molar-refractivity contribution in [2.24, 2.45) is 0 Å². The summed E-state index contributed by atoms with van der Waals surface area (Å²) in [5, 5.41) is 4.95. The average Bonchev–Trinajstić information content (AvgIpc) is 3.87. The fourth-order valence-electron chi connectivity index (χ4n) is 9.49. The van der Waals surface area contributed by atoms with Crippen LogP contribution in [0.3, 0.4) is 0 Å². The molecule has 0 bridgehead atoms. The van der Waals surface area contributed by atoms with Crippen molar-refractivity contribution in [2.45, 2.75) is 0 Å². The molecule has 2 heterocycles. The predicted molar refractivity (Wildman–Crippen MR) is 262 cm³/mol. The summed E-state index contributed by atoms with van der Waals surface area (Å²) in [4.78, 5) is 0. The molecule has 2 aromatic heterocycles. The van der Waals surface area contributed by atoms with Gasteiger partial charge in [-0.15, -0.1) is 0 Å². The Morgan fingerprint density at radius 2 is 0.516 bits per heavy atom. The molecule has 0 saturated carbocycles. The zero-order valence-corrected chi connectivity index (χ0v) is 34.0. The van der Waals surface area contributed by atoms with E-state index in [1.54, 1.807) is 0 Å². The summed E-state index contributed by atoms with van der Waals surface area (Å²) in [6, 6.07) is 88.4. The number of aromatic nitrogens is 2. The van der Waals surface area contributed by atoms with Crippen molar-refractivity contribution in [1.82, 2.24) is 9.13 Å². The molecule has 0 spiro atoms. The Bertz CT molecular complexity index is 3600. The maximum Gasteiger partial charge on any atom is 0.0541 e. The Kier molecular flexibility index (Phi) is 8.53. The Hall–Kier alpha value is -8.20. The van der Waals surface area contributed by atoms with Crippen molar-refractivity contribution in [3.63, 3.8) is 0 Å². The van der Waals surface area contributed by atoms with Crippen molar-refractivity contribution in [2.75, 3.05) is 0 Å². The third-order valence-electron chi connectivity index (χ3n) is 12.5. The number of rotatable bonds is 7. The Balaban J connectivity index is 0.985. The molecule has 0 aliphatic heterocycles. The first-order valence-corrected chi connectivity index (χ1v) is 21.3. The van der Waals surface area contributed by atoms with Gasteiger partial charge in [-0.05, 0) is 128 Å². The summed E-state index contributed by atoms with van der Waals surface area (Å²) in [5.41, 5.74) is 19.1. The summed E-state index contributed by atoms with van der Waals surface area (Å²) in [6.07, 6.45) is 0. The van der Waals surface area contributed by atoms with Gasteiger partial charge in [0.1, 0.15) is 0 Å². The van der Waals surface area contributed by atoms with Gasteiger partial charge >= 0.3 is 0 Å². The molecule has 12 aromatic rings. The lowest BCUT2D eigenvalue weighted by molar-refractivity contribution is 1.18. The molecule has 0 amide bonds. The molecule has 0 aliphatic carbocycles. The van der Waals surface area contributed by atoms with Gasteiger partial charge in [-0.25, -0.2) is 0 Å². The number of para-hydroxylation sites is 1. The smallest absolute Gasteiger partial charge is 0.0541 e. The summed E-state index contributed by atoms with van der Waals surface area (Å²) in [6.45, 7) is 0. The molecule has 0 radical (unpaired) electrons. The van der Waals surface area contributed by atoms with Gasteiger partial charge < -0.3 is 9.13 Å². The van der Waals surface area contributed by atoms with Crippen LogP contribution in [-0.2, 0) is 0 Å². The second kappa shape index (κ2) is 14.8. The minimum Gasteiger partial charge on any atom is -0.309 e. The quantitative estimate of drug-likeness (QED) is 0.152. The molecule has 290 valence electrons. The summed E-state index contributed by atoms with van der Waals surface area (Å²) < 4.78 is 4.84. The van der Waals surface area contributed by atoms with Gasteiger partial charge in [-0.1, -0.05) is 170 Å². The highest BCUT2D eigenvalue weighted by atomic mass is 15.0. The standard InChI is InChI=1S/C60H40N2/c1-4-14-41(15-5-1)45-20-12-21-46(36-45)44-26-31-51(32-27-44)61-59-33-28-48(43-18-8-3-9-19-43)38-55(59)56-40-50(30-35-60(56)61)49-29-34-58-54(39-49)53-24-10-11-25-57(53)62(58)52-23-13-22-47(37-52)42-16-6-2-7-17-42/h1-40H. The predicted octanol–water partition coefficient (Wildman–Crippen LogP) is 16.2. The van der Waals surface area contributed by atoms with Crippen molar-refractivity contribution >= 4 is 43.6 Å². The molecular weight excluding hydrogens is 749 g/mol. The minimum atomic E-state index is 1.14. The molecule has 0 fully saturated rings. The fraction of sp³-hybridized carbons (Fsp3) is 0. The molecule has 2 heteroatoms. The molecule has 0 saturated heterocycles. The van der Waals surface area contributed by atoms with Crippen LogP contribution in [0.4, 0.5) is 0 Å². The molecular formula is C60H40N2. The Labute approximate surface area is 360 Å². The molecule has 12 rings (SSSR count). The number of nitrogens with zero attached hydrogens (tertiary/aromatic N) is 2. The van der Waals surface area contributed by atoms with Gasteiger partial charge in [-0.2, -0.15) is 0 Å². The van der Waals surface area contributed by atoms with Crippen molar-refractivity contribution < 1.29 is 0 Å². The average molecular weight is 789 g/mol. The number of benzene rings is 10. The van der Waals surface area contributed by atoms with E-state index in [9.17, 15) is 0 Å². The van der Waals surface area contributed by atoms with Gasteiger partial charge in [0, 0.05) is 32.9 Å². The normalized spacial score (nSPS) is 11.5. The van der Waals surface area contributed by atoms with Gasteiger partial charge in [0.15, 0.2) is 0 Å². The van der Waals surface area contributed by atoms with Crippen LogP contribution in [0.5, 0.6) is 0 Å². The van der Waals surface area contributed by atoms with Crippen LogP contribution >= 0.6 is 0 Å². The molecule has 2 nitrogen and oxygen atoms in total. The monoisotopic (exact) mass is 788 g/mol. The van der Waals surface area contributed by atoms with Crippen LogP contribution < -0.4 is 0 Å². The third-order valence-corrected chi connectivity index (χ3v) is 12.5. The van der Waals surface area contributed by atoms with E-state index in [-0.39, 0.29) is 0 Å². The van der Waals surface area contributed by atoms with Gasteiger partial charge in [0.05, 0.1) is 22.1 Å². The molecule has 10 aromatic carbocycles. The second-order valence-corrected chi connectivity index (χ2v) is 16.2. The first-order valence-electron chi connectivity index (χ1n) is 21.3. The van der Waals surface area contributed by atoms with E-state index in [1.165, 1.54) is 99.2 Å². The van der Waals surface area contributed by atoms with Crippen LogP contribution in [0.2, 0.25) is 0 Å². The van der Waals surface area contributed by atoms with Crippen LogP contribution in [0, 0.1) is 0 Å². The van der Waals surface area contributed by atoms with E-state index in [4.69, 9.17) is 0 Å². The highest BCUT2D eigenvalue weighted by Gasteiger charge is 2.17. The van der Waals surface area contributed by atoms with E-state index in [2.05, 4.69) is 252 Å². The van der Waals surface area contributed by atoms with Crippen LogP contribution in [0.15, 0.2) is 243 Å². The number of hydrogen-bond acceptors (Lipinski definition) is 0. The van der Waals surface area contributed by atoms with E-state index >= 15 is 0 Å². The molecule has 62 heavy (non-hydrogen) atoms. The zero-order valence-electron chi connectivity index (χ0n) is 34.0. The highest BCUT2D eigenvalue weighted by molar-refractivity contribution is 6.13. The minimum absolute atomic E-state index is 1.14. The maximum absolute atomic E-state index is 2.42. The van der Waals surface area contributed by atoms with Crippen LogP contribution in [0.1, 0.15) is 0 Å². The Morgan fingerprint density at radius 1 is 0.177 bits per heavy atom. The Morgan fingerprint density at radius 3 is 1.05 bits per heavy atom. The second-order valence-electron chi connectivity index (χ2n) is 16.2. The third kappa shape index (κ3) is 6.12. The van der Waals surface area contributed by atoms with Gasteiger partial charge in [0.2, 0.25) is 0 Å². The fourth-order valence-corrected chi connectivity index (χ4v) is 9.49. The molecule has 0 unspecified atom stereocenters. The SMILES string of the molecule is c1ccc(-c2cccc(-c3ccc(-n4c5ccc(-c6ccccc6)cc5c5cc(-c6ccc7c(c6)c6ccccc6n7-c6cccc(-c7ccccc7)c6)ccc54)cc3)c2)cc1. The van der Waals surface area contributed by atoms with E-state index in [0.29, 0.717) is 0 Å². The van der Waals surface area contributed by atoms with E-state index in [1.807, 2.05) is 0 Å². The van der Waals surface area contributed by atoms with Crippen molar-refractivity contribution in [1.29, 1.82) is 0 Å². The highest BCUT2D eigenvalue weighted by Crippen LogP contribution is 2.40. The maximum atomic E-state index is 2.42. The first-order chi connectivity index (χ1) is 30.7. The van der Waals surface area contributed by atoms with Crippen molar-refractivity contribution in [3.05, 3.63) is 243 Å².